The van der Waals surface area contributed by atoms with Crippen molar-refractivity contribution in [3.8, 4) is 0 Å². The molecule has 2 aromatic rings. The van der Waals surface area contributed by atoms with E-state index in [1.54, 1.807) is 10.9 Å². The number of aromatic nitrogens is 2. The highest BCUT2D eigenvalue weighted by molar-refractivity contribution is 9.10. The number of nitrogens with zero attached hydrogens (tertiary/aromatic N) is 2. The Balaban J connectivity index is 1.68. The molecule has 1 saturated heterocycles. The lowest BCUT2D eigenvalue weighted by molar-refractivity contribution is -0.201. The third-order valence-corrected chi connectivity index (χ3v) is 5.32. The maximum absolute atomic E-state index is 12.8. The van der Waals surface area contributed by atoms with Crippen molar-refractivity contribution in [2.75, 3.05) is 13.2 Å². The smallest absolute Gasteiger partial charge is 0.380 e. The van der Waals surface area contributed by atoms with Gasteiger partial charge in [-0.2, -0.15) is 18.3 Å². The molecule has 0 aliphatic carbocycles. The fourth-order valence-electron chi connectivity index (χ4n) is 2.54. The van der Waals surface area contributed by atoms with Gasteiger partial charge in [-0.3, -0.25) is 4.68 Å². The molecule has 3 nitrogen and oxygen atoms in total. The van der Waals surface area contributed by atoms with Gasteiger partial charge in [0.05, 0.1) is 36.3 Å². The molecule has 0 spiro atoms. The van der Waals surface area contributed by atoms with Gasteiger partial charge in [0.2, 0.25) is 0 Å². The van der Waals surface area contributed by atoms with Gasteiger partial charge in [-0.05, 0) is 34.5 Å². The second-order valence-corrected chi connectivity index (χ2v) is 7.48. The Labute approximate surface area is 138 Å². The highest BCUT2D eigenvalue weighted by Gasteiger charge is 2.43. The molecule has 8 heteroatoms. The van der Waals surface area contributed by atoms with E-state index in [0.717, 1.165) is 14.2 Å². The van der Waals surface area contributed by atoms with Crippen LogP contribution in [-0.4, -0.2) is 29.2 Å². The lowest BCUT2D eigenvalue weighted by Gasteiger charge is -2.30. The summed E-state index contributed by atoms with van der Waals surface area (Å²) in [6.45, 7) is 0.756. The van der Waals surface area contributed by atoms with Crippen molar-refractivity contribution in [2.24, 2.45) is 5.92 Å². The van der Waals surface area contributed by atoms with E-state index in [4.69, 9.17) is 4.74 Å². The first kappa shape index (κ1) is 16.0. The largest absolute Gasteiger partial charge is 0.394 e. The third kappa shape index (κ3) is 3.72. The number of rotatable bonds is 3. The van der Waals surface area contributed by atoms with E-state index in [0.29, 0.717) is 13.2 Å². The molecule has 120 valence electrons. The monoisotopic (exact) mass is 394 g/mol. The highest BCUT2D eigenvalue weighted by atomic mass is 79.9. The van der Waals surface area contributed by atoms with Crippen LogP contribution < -0.4 is 0 Å². The Morgan fingerprint density at radius 2 is 2.18 bits per heavy atom. The summed E-state index contributed by atoms with van der Waals surface area (Å²) in [5, 5.41) is 4.18. The zero-order valence-corrected chi connectivity index (χ0v) is 13.9. The average molecular weight is 395 g/mol. The van der Waals surface area contributed by atoms with Crippen LogP contribution in [0.25, 0.3) is 0 Å². The Kier molecular flexibility index (Phi) is 4.61. The predicted molar refractivity (Wildman–Crippen MR) is 81.1 cm³/mol. The number of hydrogen-bond acceptors (Lipinski definition) is 3. The second-order valence-electron chi connectivity index (χ2n) is 5.37. The zero-order chi connectivity index (χ0) is 15.7. The van der Waals surface area contributed by atoms with Crippen molar-refractivity contribution in [1.82, 2.24) is 9.78 Å². The third-order valence-electron chi connectivity index (χ3n) is 3.67. The topological polar surface area (TPSA) is 27.1 Å². The van der Waals surface area contributed by atoms with Gasteiger partial charge in [-0.25, -0.2) is 0 Å². The number of alkyl halides is 3. The summed E-state index contributed by atoms with van der Waals surface area (Å²) in [5.74, 6) is -1.54. The van der Waals surface area contributed by atoms with Crippen molar-refractivity contribution in [3.05, 3.63) is 38.8 Å². The van der Waals surface area contributed by atoms with E-state index in [1.165, 1.54) is 11.3 Å². The first-order chi connectivity index (χ1) is 10.4. The molecule has 0 aromatic carbocycles. The molecule has 3 rings (SSSR count). The SMILES string of the molecule is FC(F)(F)C1COCC(c2ccc(Cn3cc(Br)cn3)s2)C1. The van der Waals surface area contributed by atoms with E-state index >= 15 is 0 Å². The summed E-state index contributed by atoms with van der Waals surface area (Å²) in [5.41, 5.74) is 0. The summed E-state index contributed by atoms with van der Waals surface area (Å²) < 4.78 is 46.4. The fourth-order valence-corrected chi connectivity index (χ4v) is 3.97. The first-order valence-corrected chi connectivity index (χ1v) is 8.44. The molecule has 2 atom stereocenters. The van der Waals surface area contributed by atoms with Crippen LogP contribution in [0.1, 0.15) is 22.1 Å². The standard InChI is InChI=1S/C14H14BrF3N2OS/c15-11-4-19-20(5-11)6-12-1-2-13(22-12)9-3-10(8-21-7-9)14(16,17)18/h1-2,4-5,9-10H,3,6-8H2. The van der Waals surface area contributed by atoms with Gasteiger partial charge in [0.1, 0.15) is 0 Å². The minimum atomic E-state index is -4.18. The summed E-state index contributed by atoms with van der Waals surface area (Å²) in [6, 6.07) is 3.86. The summed E-state index contributed by atoms with van der Waals surface area (Å²) in [6.07, 6.45) is -0.503. The Morgan fingerprint density at radius 3 is 2.86 bits per heavy atom. The van der Waals surface area contributed by atoms with Gasteiger partial charge in [0.25, 0.3) is 0 Å². The van der Waals surface area contributed by atoms with Crippen molar-refractivity contribution < 1.29 is 17.9 Å². The Bertz CT molecular complexity index is 640. The molecule has 1 fully saturated rings. The summed E-state index contributed by atoms with van der Waals surface area (Å²) >= 11 is 4.87. The molecule has 0 bridgehead atoms. The second kappa shape index (κ2) is 6.33. The van der Waals surface area contributed by atoms with E-state index < -0.39 is 12.1 Å². The number of hydrogen-bond donors (Lipinski definition) is 0. The molecule has 0 radical (unpaired) electrons. The lowest BCUT2D eigenvalue weighted by atomic mass is 9.91. The molecule has 22 heavy (non-hydrogen) atoms. The Hall–Kier alpha value is -0.860. The first-order valence-electron chi connectivity index (χ1n) is 6.83. The minimum absolute atomic E-state index is 0.108. The molecule has 0 amide bonds. The van der Waals surface area contributed by atoms with Gasteiger partial charge in [0.15, 0.2) is 0 Å². The normalized spacial score (nSPS) is 22.9. The van der Waals surface area contributed by atoms with Crippen LogP contribution in [0.4, 0.5) is 13.2 Å². The van der Waals surface area contributed by atoms with Gasteiger partial charge < -0.3 is 4.74 Å². The van der Waals surface area contributed by atoms with Gasteiger partial charge in [0, 0.05) is 21.9 Å². The molecular formula is C14H14BrF3N2OS. The van der Waals surface area contributed by atoms with Crippen LogP contribution in [0.2, 0.25) is 0 Å². The molecule has 1 aliphatic rings. The van der Waals surface area contributed by atoms with Crippen molar-refractivity contribution in [3.63, 3.8) is 0 Å². The average Bonchev–Trinajstić information content (AvgIpc) is 3.08. The Morgan fingerprint density at radius 1 is 1.36 bits per heavy atom. The number of ether oxygens (including phenoxy) is 1. The molecule has 3 heterocycles. The highest BCUT2D eigenvalue weighted by Crippen LogP contribution is 2.39. The fraction of sp³-hybridized carbons (Fsp3) is 0.500. The van der Waals surface area contributed by atoms with Crippen molar-refractivity contribution in [2.45, 2.75) is 25.1 Å². The lowest BCUT2D eigenvalue weighted by Crippen LogP contribution is -2.34. The molecular weight excluding hydrogens is 381 g/mol. The van der Waals surface area contributed by atoms with Crippen LogP contribution >= 0.6 is 27.3 Å². The molecule has 0 N–H and O–H groups in total. The maximum Gasteiger partial charge on any atom is 0.394 e. The molecule has 2 unspecified atom stereocenters. The van der Waals surface area contributed by atoms with Crippen molar-refractivity contribution in [1.29, 1.82) is 0 Å². The van der Waals surface area contributed by atoms with Gasteiger partial charge in [-0.15, -0.1) is 11.3 Å². The van der Waals surface area contributed by atoms with Crippen LogP contribution in [0.5, 0.6) is 0 Å². The minimum Gasteiger partial charge on any atom is -0.380 e. The predicted octanol–water partition coefficient (Wildman–Crippen LogP) is 4.44. The molecule has 0 saturated carbocycles. The van der Waals surface area contributed by atoms with Gasteiger partial charge in [-0.1, -0.05) is 0 Å². The van der Waals surface area contributed by atoms with E-state index in [2.05, 4.69) is 21.0 Å². The zero-order valence-electron chi connectivity index (χ0n) is 11.5. The number of thiophene rings is 1. The van der Waals surface area contributed by atoms with E-state index in [9.17, 15) is 13.2 Å². The van der Waals surface area contributed by atoms with Crippen LogP contribution in [0, 0.1) is 5.92 Å². The van der Waals surface area contributed by atoms with Crippen LogP contribution in [0.3, 0.4) is 0 Å². The van der Waals surface area contributed by atoms with Crippen LogP contribution in [0.15, 0.2) is 29.0 Å². The summed E-state index contributed by atoms with van der Waals surface area (Å²) in [4.78, 5) is 2.02. The van der Waals surface area contributed by atoms with E-state index in [-0.39, 0.29) is 18.9 Å². The molecule has 1 aliphatic heterocycles. The van der Waals surface area contributed by atoms with Gasteiger partial charge >= 0.3 is 6.18 Å². The quantitative estimate of drug-likeness (QED) is 0.769. The summed E-state index contributed by atoms with van der Waals surface area (Å²) in [7, 11) is 0. The van der Waals surface area contributed by atoms with Crippen LogP contribution in [-0.2, 0) is 11.3 Å². The maximum atomic E-state index is 12.8. The van der Waals surface area contributed by atoms with E-state index in [1.807, 2.05) is 18.3 Å². The van der Waals surface area contributed by atoms with Crippen molar-refractivity contribution >= 4 is 27.3 Å². The number of halogens is 4. The molecule has 2 aromatic heterocycles.